The van der Waals surface area contributed by atoms with Crippen LogP contribution in [0.4, 0.5) is 0 Å². The first-order chi connectivity index (χ1) is 13.1. The van der Waals surface area contributed by atoms with Gasteiger partial charge in [0.15, 0.2) is 0 Å². The van der Waals surface area contributed by atoms with Gasteiger partial charge in [0.05, 0.1) is 21.5 Å². The molecule has 0 atom stereocenters. The number of hydrogen-bond acceptors (Lipinski definition) is 3. The summed E-state index contributed by atoms with van der Waals surface area (Å²) in [6.07, 6.45) is 0. The highest BCUT2D eigenvalue weighted by Crippen LogP contribution is 2.25. The first kappa shape index (κ1) is 23.2. The minimum atomic E-state index is -3.90. The lowest BCUT2D eigenvalue weighted by Crippen LogP contribution is -2.41. The third-order valence-corrected chi connectivity index (χ3v) is 6.90. The summed E-state index contributed by atoms with van der Waals surface area (Å²) in [5.41, 5.74) is 0.631. The molecule has 0 spiro atoms. The van der Waals surface area contributed by atoms with Gasteiger partial charge in [0.2, 0.25) is 15.9 Å². The Hall–Kier alpha value is -1.12. The van der Waals surface area contributed by atoms with Gasteiger partial charge in [0.1, 0.15) is 0 Å². The second-order valence-corrected chi connectivity index (χ2v) is 10.3. The first-order valence-electron chi connectivity index (χ1n) is 8.56. The number of nitrogens with zero attached hydrogens (tertiary/aromatic N) is 1. The van der Waals surface area contributed by atoms with Crippen LogP contribution in [0.25, 0.3) is 0 Å². The Bertz CT molecular complexity index is 935. The lowest BCUT2D eigenvalue weighted by Gasteiger charge is -2.22. The van der Waals surface area contributed by atoms with Crippen LogP contribution < -0.4 is 5.32 Å². The molecule has 2 aromatic rings. The molecular formula is C19H21BrCl2N2O3S. The predicted octanol–water partition coefficient (Wildman–Crippen LogP) is 4.72. The summed E-state index contributed by atoms with van der Waals surface area (Å²) in [4.78, 5) is 12.4. The van der Waals surface area contributed by atoms with Crippen molar-refractivity contribution in [2.45, 2.75) is 25.3 Å². The summed E-state index contributed by atoms with van der Waals surface area (Å²) in [5.74, 6) is -0.106. The fraction of sp³-hybridized carbons (Fsp3) is 0.316. The Morgan fingerprint density at radius 2 is 1.75 bits per heavy atom. The first-order valence-corrected chi connectivity index (χ1v) is 11.5. The van der Waals surface area contributed by atoms with E-state index in [0.29, 0.717) is 22.2 Å². The summed E-state index contributed by atoms with van der Waals surface area (Å²) in [6.45, 7) is 4.09. The van der Waals surface area contributed by atoms with E-state index in [-0.39, 0.29) is 29.8 Å². The SMILES string of the molecule is CC(C)CNC(=O)CN(Cc1ccc(Cl)c(Cl)c1)S(=O)(=O)c1ccc(Br)cc1. The Morgan fingerprint density at radius 1 is 1.11 bits per heavy atom. The maximum absolute atomic E-state index is 13.1. The van der Waals surface area contributed by atoms with Crippen LogP contribution in [0.2, 0.25) is 10.0 Å². The van der Waals surface area contributed by atoms with E-state index in [9.17, 15) is 13.2 Å². The zero-order valence-corrected chi connectivity index (χ0v) is 19.4. The average Bonchev–Trinajstić information content (AvgIpc) is 2.63. The molecule has 2 aromatic carbocycles. The van der Waals surface area contributed by atoms with Gasteiger partial charge in [-0.3, -0.25) is 4.79 Å². The van der Waals surface area contributed by atoms with E-state index in [4.69, 9.17) is 23.2 Å². The standard InChI is InChI=1S/C19H21BrCl2N2O3S/c1-13(2)10-23-19(25)12-24(11-14-3-8-17(21)18(22)9-14)28(26,27)16-6-4-15(20)5-7-16/h3-9,13H,10-12H2,1-2H3,(H,23,25). The molecule has 0 saturated heterocycles. The van der Waals surface area contributed by atoms with Gasteiger partial charge in [-0.15, -0.1) is 0 Å². The molecule has 0 unspecified atom stereocenters. The summed E-state index contributed by atoms with van der Waals surface area (Å²) in [5, 5.41) is 3.45. The quantitative estimate of drug-likeness (QED) is 0.562. The van der Waals surface area contributed by atoms with Crippen LogP contribution in [0.1, 0.15) is 19.4 Å². The molecule has 0 aliphatic rings. The third-order valence-electron chi connectivity index (χ3n) is 3.82. The highest BCUT2D eigenvalue weighted by atomic mass is 79.9. The van der Waals surface area contributed by atoms with Gasteiger partial charge in [-0.1, -0.05) is 59.0 Å². The molecule has 152 valence electrons. The second-order valence-electron chi connectivity index (χ2n) is 6.67. The molecular weight excluding hydrogens is 487 g/mol. The van der Waals surface area contributed by atoms with E-state index in [1.54, 1.807) is 30.3 Å². The summed E-state index contributed by atoms with van der Waals surface area (Å²) >= 11 is 15.3. The summed E-state index contributed by atoms with van der Waals surface area (Å²) in [6, 6.07) is 11.2. The number of hydrogen-bond donors (Lipinski definition) is 1. The molecule has 0 bridgehead atoms. The minimum Gasteiger partial charge on any atom is -0.355 e. The van der Waals surface area contributed by atoms with Gasteiger partial charge in [0.25, 0.3) is 0 Å². The molecule has 1 amide bonds. The molecule has 5 nitrogen and oxygen atoms in total. The number of carbonyl (C=O) groups is 1. The Labute approximate surface area is 184 Å². The van der Waals surface area contributed by atoms with Gasteiger partial charge >= 0.3 is 0 Å². The van der Waals surface area contributed by atoms with E-state index in [1.807, 2.05) is 13.8 Å². The van der Waals surface area contributed by atoms with E-state index >= 15 is 0 Å². The number of rotatable bonds is 8. The molecule has 0 aromatic heterocycles. The van der Waals surface area contributed by atoms with E-state index < -0.39 is 10.0 Å². The van der Waals surface area contributed by atoms with Crippen LogP contribution in [-0.4, -0.2) is 31.7 Å². The van der Waals surface area contributed by atoms with Crippen molar-refractivity contribution in [2.75, 3.05) is 13.1 Å². The fourth-order valence-corrected chi connectivity index (χ4v) is 4.33. The van der Waals surface area contributed by atoms with Crippen LogP contribution in [0.15, 0.2) is 51.8 Å². The van der Waals surface area contributed by atoms with Gasteiger partial charge < -0.3 is 5.32 Å². The Morgan fingerprint density at radius 3 is 2.32 bits per heavy atom. The van der Waals surface area contributed by atoms with Gasteiger partial charge in [0, 0.05) is 17.6 Å². The number of sulfonamides is 1. The molecule has 2 rings (SSSR count). The van der Waals surface area contributed by atoms with Gasteiger partial charge in [-0.05, 0) is 47.9 Å². The number of nitrogens with one attached hydrogen (secondary N) is 1. The van der Waals surface area contributed by atoms with E-state index in [1.165, 1.54) is 12.1 Å². The lowest BCUT2D eigenvalue weighted by molar-refractivity contribution is -0.121. The second kappa shape index (κ2) is 10.1. The maximum atomic E-state index is 13.1. The van der Waals surface area contributed by atoms with Crippen molar-refractivity contribution >= 4 is 55.1 Å². The zero-order valence-electron chi connectivity index (χ0n) is 15.5. The summed E-state index contributed by atoms with van der Waals surface area (Å²) in [7, 11) is -3.90. The number of halogens is 3. The zero-order chi connectivity index (χ0) is 20.9. The highest BCUT2D eigenvalue weighted by molar-refractivity contribution is 9.10. The van der Waals surface area contributed by atoms with Crippen molar-refractivity contribution in [3.05, 3.63) is 62.5 Å². The van der Waals surface area contributed by atoms with Crippen LogP contribution in [0.3, 0.4) is 0 Å². The molecule has 0 heterocycles. The molecule has 0 radical (unpaired) electrons. The molecule has 0 aliphatic carbocycles. The highest BCUT2D eigenvalue weighted by Gasteiger charge is 2.27. The van der Waals surface area contributed by atoms with Crippen molar-refractivity contribution < 1.29 is 13.2 Å². The largest absolute Gasteiger partial charge is 0.355 e. The topological polar surface area (TPSA) is 66.5 Å². The molecule has 1 N–H and O–H groups in total. The van der Waals surface area contributed by atoms with Crippen molar-refractivity contribution in [1.29, 1.82) is 0 Å². The molecule has 28 heavy (non-hydrogen) atoms. The Balaban J connectivity index is 2.32. The monoisotopic (exact) mass is 506 g/mol. The number of benzene rings is 2. The van der Waals surface area contributed by atoms with Crippen molar-refractivity contribution in [2.24, 2.45) is 5.92 Å². The Kier molecular flexibility index (Phi) is 8.33. The minimum absolute atomic E-state index is 0.00954. The molecule has 0 saturated carbocycles. The van der Waals surface area contributed by atoms with Crippen LogP contribution in [-0.2, 0) is 21.4 Å². The maximum Gasteiger partial charge on any atom is 0.243 e. The van der Waals surface area contributed by atoms with Crippen molar-refractivity contribution in [3.8, 4) is 0 Å². The molecule has 9 heteroatoms. The van der Waals surface area contributed by atoms with Crippen LogP contribution >= 0.6 is 39.1 Å². The lowest BCUT2D eigenvalue weighted by atomic mass is 10.2. The van der Waals surface area contributed by atoms with Crippen LogP contribution in [0, 0.1) is 5.92 Å². The van der Waals surface area contributed by atoms with Crippen molar-refractivity contribution in [3.63, 3.8) is 0 Å². The van der Waals surface area contributed by atoms with Crippen LogP contribution in [0.5, 0.6) is 0 Å². The molecule has 0 fully saturated rings. The van der Waals surface area contributed by atoms with E-state index in [2.05, 4.69) is 21.2 Å². The van der Waals surface area contributed by atoms with Crippen molar-refractivity contribution in [1.82, 2.24) is 9.62 Å². The van der Waals surface area contributed by atoms with Gasteiger partial charge in [-0.25, -0.2) is 8.42 Å². The number of carbonyl (C=O) groups excluding carboxylic acids is 1. The van der Waals surface area contributed by atoms with E-state index in [0.717, 1.165) is 8.78 Å². The third kappa shape index (κ3) is 6.46. The fourth-order valence-electron chi connectivity index (χ4n) is 2.36. The average molecular weight is 508 g/mol. The normalized spacial score (nSPS) is 11.8. The smallest absolute Gasteiger partial charge is 0.243 e. The van der Waals surface area contributed by atoms with Gasteiger partial charge in [-0.2, -0.15) is 4.31 Å². The number of amides is 1. The molecule has 0 aliphatic heterocycles. The summed E-state index contributed by atoms with van der Waals surface area (Å²) < 4.78 is 28.2. The predicted molar refractivity (Wildman–Crippen MR) is 116 cm³/mol.